The summed E-state index contributed by atoms with van der Waals surface area (Å²) in [4.78, 5) is 10.9. The SMILES string of the molecule is Cc1ccccc1S(=O)(=O)C(C)(C=C=O)C(C)C. The lowest BCUT2D eigenvalue weighted by molar-refractivity contribution is 0.485. The molecule has 0 amide bonds. The maximum Gasteiger partial charge on any atom is 0.188 e. The zero-order valence-corrected chi connectivity index (χ0v) is 11.9. The standard InChI is InChI=1S/C14H18O3S/c1-11(2)14(4,9-10-15)18(16,17)13-8-6-5-7-12(13)3/h5-9,11H,1-4H3. The lowest BCUT2D eigenvalue weighted by Crippen LogP contribution is -2.39. The normalized spacial score (nSPS) is 14.9. The topological polar surface area (TPSA) is 51.2 Å². The number of aryl methyl sites for hydroxylation is 1. The van der Waals surface area contributed by atoms with Gasteiger partial charge in [0.2, 0.25) is 0 Å². The molecule has 18 heavy (non-hydrogen) atoms. The van der Waals surface area contributed by atoms with E-state index >= 15 is 0 Å². The summed E-state index contributed by atoms with van der Waals surface area (Å²) < 4.78 is 24.2. The minimum absolute atomic E-state index is 0.219. The van der Waals surface area contributed by atoms with Gasteiger partial charge in [0.25, 0.3) is 0 Å². The van der Waals surface area contributed by atoms with E-state index < -0.39 is 14.6 Å². The Kier molecular flexibility index (Phi) is 4.15. The Bertz CT molecular complexity index is 581. The van der Waals surface area contributed by atoms with Crippen LogP contribution in [0.5, 0.6) is 0 Å². The quantitative estimate of drug-likeness (QED) is 0.787. The van der Waals surface area contributed by atoms with E-state index in [9.17, 15) is 13.2 Å². The Morgan fingerprint density at radius 2 is 1.83 bits per heavy atom. The number of benzene rings is 1. The summed E-state index contributed by atoms with van der Waals surface area (Å²) >= 11 is 0. The van der Waals surface area contributed by atoms with Crippen molar-refractivity contribution in [1.29, 1.82) is 0 Å². The molecule has 1 rings (SSSR count). The molecule has 3 nitrogen and oxygen atoms in total. The maximum atomic E-state index is 12.7. The fourth-order valence-electron chi connectivity index (χ4n) is 1.77. The van der Waals surface area contributed by atoms with E-state index in [0.29, 0.717) is 5.56 Å². The second kappa shape index (κ2) is 5.09. The van der Waals surface area contributed by atoms with E-state index in [2.05, 4.69) is 0 Å². The molecule has 0 fully saturated rings. The van der Waals surface area contributed by atoms with Crippen molar-refractivity contribution in [3.8, 4) is 0 Å². The Morgan fingerprint density at radius 1 is 1.28 bits per heavy atom. The number of rotatable bonds is 4. The molecule has 0 radical (unpaired) electrons. The number of carbonyl (C=O) groups excluding carboxylic acids is 1. The average molecular weight is 266 g/mol. The van der Waals surface area contributed by atoms with Crippen LogP contribution in [0, 0.1) is 12.8 Å². The van der Waals surface area contributed by atoms with E-state index in [4.69, 9.17) is 0 Å². The minimum atomic E-state index is -3.61. The first-order valence-electron chi connectivity index (χ1n) is 5.79. The van der Waals surface area contributed by atoms with Crippen molar-refractivity contribution >= 4 is 15.8 Å². The van der Waals surface area contributed by atoms with Crippen molar-refractivity contribution < 1.29 is 13.2 Å². The van der Waals surface area contributed by atoms with Crippen LogP contribution in [0.15, 0.2) is 35.2 Å². The molecule has 0 bridgehead atoms. The van der Waals surface area contributed by atoms with Gasteiger partial charge in [-0.3, -0.25) is 0 Å². The van der Waals surface area contributed by atoms with Crippen LogP contribution >= 0.6 is 0 Å². The molecular formula is C14H18O3S. The van der Waals surface area contributed by atoms with Crippen LogP contribution in [0.1, 0.15) is 26.3 Å². The minimum Gasteiger partial charge on any atom is -0.234 e. The molecule has 0 heterocycles. The molecule has 0 aliphatic rings. The first kappa shape index (κ1) is 14.7. The zero-order chi connectivity index (χ0) is 14.0. The highest BCUT2D eigenvalue weighted by Gasteiger charge is 2.42. The van der Waals surface area contributed by atoms with Crippen molar-refractivity contribution in [2.24, 2.45) is 5.92 Å². The van der Waals surface area contributed by atoms with E-state index in [1.54, 1.807) is 57.9 Å². The summed E-state index contributed by atoms with van der Waals surface area (Å²) in [5, 5.41) is 0. The van der Waals surface area contributed by atoms with Gasteiger partial charge in [-0.1, -0.05) is 32.0 Å². The van der Waals surface area contributed by atoms with Gasteiger partial charge in [-0.15, -0.1) is 0 Å². The zero-order valence-electron chi connectivity index (χ0n) is 11.1. The Labute approximate surface area is 108 Å². The van der Waals surface area contributed by atoms with Gasteiger partial charge in [0.05, 0.1) is 4.90 Å². The molecule has 1 atom stereocenters. The highest BCUT2D eigenvalue weighted by Crippen LogP contribution is 2.34. The Morgan fingerprint density at radius 3 is 2.28 bits per heavy atom. The van der Waals surface area contributed by atoms with Crippen LogP contribution in [0.3, 0.4) is 0 Å². The third-order valence-corrected chi connectivity index (χ3v) is 6.24. The molecule has 1 unspecified atom stereocenters. The van der Waals surface area contributed by atoms with Crippen molar-refractivity contribution in [2.45, 2.75) is 37.3 Å². The van der Waals surface area contributed by atoms with E-state index in [-0.39, 0.29) is 10.8 Å². The number of sulfone groups is 1. The summed E-state index contributed by atoms with van der Waals surface area (Å²) in [6, 6.07) is 6.80. The summed E-state index contributed by atoms with van der Waals surface area (Å²) in [5.41, 5.74) is 0.684. The van der Waals surface area contributed by atoms with Crippen LogP contribution in [-0.4, -0.2) is 19.1 Å². The monoisotopic (exact) mass is 266 g/mol. The van der Waals surface area contributed by atoms with Crippen LogP contribution in [0.4, 0.5) is 0 Å². The molecule has 0 aromatic heterocycles. The molecule has 0 N–H and O–H groups in total. The predicted octanol–water partition coefficient (Wildman–Crippen LogP) is 2.57. The molecule has 0 spiro atoms. The number of hydrogen-bond donors (Lipinski definition) is 0. The fourth-order valence-corrected chi connectivity index (χ4v) is 3.81. The first-order chi connectivity index (χ1) is 8.27. The van der Waals surface area contributed by atoms with Gasteiger partial charge in [-0.2, -0.15) is 0 Å². The average Bonchev–Trinajstić information content (AvgIpc) is 2.29. The lowest BCUT2D eigenvalue weighted by atomic mass is 9.97. The highest BCUT2D eigenvalue weighted by atomic mass is 32.2. The van der Waals surface area contributed by atoms with Crippen molar-refractivity contribution in [1.82, 2.24) is 0 Å². The maximum absolute atomic E-state index is 12.7. The van der Waals surface area contributed by atoms with E-state index in [1.807, 2.05) is 0 Å². The van der Waals surface area contributed by atoms with Gasteiger partial charge in [0.15, 0.2) is 9.84 Å². The smallest absolute Gasteiger partial charge is 0.188 e. The number of hydrogen-bond acceptors (Lipinski definition) is 3. The molecule has 98 valence electrons. The lowest BCUT2D eigenvalue weighted by Gasteiger charge is -2.29. The molecule has 4 heteroatoms. The third-order valence-electron chi connectivity index (χ3n) is 3.45. The van der Waals surface area contributed by atoms with E-state index in [0.717, 1.165) is 6.08 Å². The Hall–Kier alpha value is -1.38. The molecule has 1 aromatic carbocycles. The summed E-state index contributed by atoms with van der Waals surface area (Å²) in [5.74, 6) is 1.41. The summed E-state index contributed by atoms with van der Waals surface area (Å²) in [6.45, 7) is 6.87. The van der Waals surface area contributed by atoms with Gasteiger partial charge in [0, 0.05) is 6.08 Å². The molecule has 1 aromatic rings. The Balaban J connectivity index is 3.55. The second-order valence-corrected chi connectivity index (χ2v) is 7.20. The largest absolute Gasteiger partial charge is 0.234 e. The van der Waals surface area contributed by atoms with Crippen LogP contribution < -0.4 is 0 Å². The van der Waals surface area contributed by atoms with Crippen LogP contribution in [0.25, 0.3) is 0 Å². The summed E-state index contributed by atoms with van der Waals surface area (Å²) in [7, 11) is -3.61. The van der Waals surface area contributed by atoms with Crippen molar-refractivity contribution in [3.63, 3.8) is 0 Å². The molecular weight excluding hydrogens is 248 g/mol. The molecule has 0 saturated carbocycles. The predicted molar refractivity (Wildman–Crippen MR) is 71.9 cm³/mol. The van der Waals surface area contributed by atoms with Gasteiger partial charge in [0.1, 0.15) is 10.7 Å². The molecule has 0 aliphatic carbocycles. The third kappa shape index (κ3) is 2.26. The van der Waals surface area contributed by atoms with Crippen molar-refractivity contribution in [3.05, 3.63) is 35.9 Å². The fraction of sp³-hybridized carbons (Fsp3) is 0.429. The first-order valence-corrected chi connectivity index (χ1v) is 7.28. The molecule has 0 aliphatic heterocycles. The van der Waals surface area contributed by atoms with Crippen molar-refractivity contribution in [2.75, 3.05) is 0 Å². The van der Waals surface area contributed by atoms with Crippen LogP contribution in [0.2, 0.25) is 0 Å². The van der Waals surface area contributed by atoms with E-state index in [1.165, 1.54) is 0 Å². The highest BCUT2D eigenvalue weighted by molar-refractivity contribution is 7.93. The van der Waals surface area contributed by atoms with Gasteiger partial charge in [-0.25, -0.2) is 13.2 Å². The van der Waals surface area contributed by atoms with Gasteiger partial charge >= 0.3 is 0 Å². The van der Waals surface area contributed by atoms with Crippen LogP contribution in [-0.2, 0) is 14.6 Å². The van der Waals surface area contributed by atoms with Gasteiger partial charge in [-0.05, 0) is 31.4 Å². The van der Waals surface area contributed by atoms with Gasteiger partial charge < -0.3 is 0 Å². The second-order valence-electron chi connectivity index (χ2n) is 4.87. The molecule has 0 saturated heterocycles. The summed E-state index contributed by atoms with van der Waals surface area (Å²) in [6.07, 6.45) is 1.11.